The van der Waals surface area contributed by atoms with Crippen molar-refractivity contribution in [2.75, 3.05) is 38.1 Å². The third kappa shape index (κ3) is 7.43. The molecule has 43 heavy (non-hydrogen) atoms. The zero-order valence-electron chi connectivity index (χ0n) is 22.7. The van der Waals surface area contributed by atoms with E-state index < -0.39 is 23.2 Å². The lowest BCUT2D eigenvalue weighted by atomic mass is 10.1. The van der Waals surface area contributed by atoms with Gasteiger partial charge in [-0.15, -0.1) is 29.2 Å². The van der Waals surface area contributed by atoms with Crippen molar-refractivity contribution in [2.45, 2.75) is 25.9 Å². The van der Waals surface area contributed by atoms with Crippen molar-refractivity contribution in [1.29, 1.82) is 0 Å². The molecule has 0 radical (unpaired) electrons. The van der Waals surface area contributed by atoms with E-state index in [9.17, 15) is 31.1 Å². The summed E-state index contributed by atoms with van der Waals surface area (Å²) in [5, 5.41) is 4.41. The Morgan fingerprint density at radius 3 is 2.40 bits per heavy atom. The molecule has 4 aromatic rings. The van der Waals surface area contributed by atoms with Gasteiger partial charge in [-0.3, -0.25) is 4.84 Å². The molecular formula is C27H24F6N5O4S+. The lowest BCUT2D eigenvalue weighted by molar-refractivity contribution is -1.08. The molecule has 0 saturated carbocycles. The predicted molar refractivity (Wildman–Crippen MR) is 142 cm³/mol. The third-order valence-corrected chi connectivity index (χ3v) is 7.72. The van der Waals surface area contributed by atoms with Crippen LogP contribution < -0.4 is 9.64 Å². The van der Waals surface area contributed by atoms with Crippen LogP contribution in [0, 0.1) is 6.92 Å². The SMILES string of the molecule is Cc1sc(-c2nc(-c3ccc(OC(F)(F)F)cc3)no2)nc1Cc1cccc(N2CC[N+](C)(OC(=O)C(F)(F)F)CC2)c1. The monoisotopic (exact) mass is 628 g/mol. The molecule has 0 aliphatic carbocycles. The first-order valence-electron chi connectivity index (χ1n) is 12.8. The lowest BCUT2D eigenvalue weighted by Gasteiger charge is -2.39. The minimum Gasteiger partial charge on any atom is -0.406 e. The van der Waals surface area contributed by atoms with Gasteiger partial charge < -0.3 is 14.2 Å². The molecular weight excluding hydrogens is 604 g/mol. The minimum absolute atomic E-state index is 0.166. The van der Waals surface area contributed by atoms with Crippen LogP contribution in [-0.2, 0) is 16.1 Å². The molecule has 9 nitrogen and oxygen atoms in total. The first kappa shape index (κ1) is 30.3. The molecule has 0 N–H and O–H groups in total. The highest BCUT2D eigenvalue weighted by molar-refractivity contribution is 7.15. The van der Waals surface area contributed by atoms with E-state index >= 15 is 0 Å². The molecule has 1 fully saturated rings. The van der Waals surface area contributed by atoms with Gasteiger partial charge in [-0.05, 0) is 48.9 Å². The van der Waals surface area contributed by atoms with Crippen LogP contribution in [0.2, 0.25) is 0 Å². The Morgan fingerprint density at radius 2 is 1.74 bits per heavy atom. The summed E-state index contributed by atoms with van der Waals surface area (Å²) in [6.45, 7) is 3.07. The second-order valence-electron chi connectivity index (χ2n) is 9.97. The van der Waals surface area contributed by atoms with Crippen molar-refractivity contribution in [2.24, 2.45) is 0 Å². The van der Waals surface area contributed by atoms with E-state index in [2.05, 4.69) is 19.9 Å². The number of carbonyl (C=O) groups excluding carboxylic acids is 1. The number of nitrogens with zero attached hydrogens (tertiary/aromatic N) is 5. The van der Waals surface area contributed by atoms with Gasteiger partial charge in [0.25, 0.3) is 5.89 Å². The van der Waals surface area contributed by atoms with Crippen molar-refractivity contribution < 1.29 is 49.9 Å². The number of carbonyl (C=O) groups is 1. The van der Waals surface area contributed by atoms with E-state index in [4.69, 9.17) is 9.36 Å². The predicted octanol–water partition coefficient (Wildman–Crippen LogP) is 5.95. The second kappa shape index (κ2) is 11.5. The van der Waals surface area contributed by atoms with Gasteiger partial charge in [0.05, 0.1) is 18.8 Å². The standard InChI is InChI=1S/C27H24F6N5O4S/c1-16-21(34-24(43-16)23-35-22(36-41-23)18-6-8-20(9-7-18)40-27(31,32)33)15-17-4-3-5-19(14-17)37-10-12-38(2,13-11-37)42-25(39)26(28,29)30/h3-9,14H,10-13,15H2,1-2H3/q+1. The molecule has 1 aliphatic heterocycles. The molecule has 0 atom stereocenters. The number of aromatic nitrogens is 3. The number of aryl methyl sites for hydroxylation is 1. The van der Waals surface area contributed by atoms with Gasteiger partial charge >= 0.3 is 18.5 Å². The summed E-state index contributed by atoms with van der Waals surface area (Å²) in [6, 6.07) is 12.8. The van der Waals surface area contributed by atoms with Gasteiger partial charge in [-0.25, -0.2) is 9.78 Å². The van der Waals surface area contributed by atoms with Crippen molar-refractivity contribution >= 4 is 23.0 Å². The Balaban J connectivity index is 1.23. The van der Waals surface area contributed by atoms with Crippen molar-refractivity contribution in [3.63, 3.8) is 0 Å². The van der Waals surface area contributed by atoms with Gasteiger partial charge in [0.2, 0.25) is 5.82 Å². The number of quaternary nitrogens is 1. The van der Waals surface area contributed by atoms with E-state index in [0.717, 1.165) is 34.0 Å². The highest BCUT2D eigenvalue weighted by Gasteiger charge is 2.47. The van der Waals surface area contributed by atoms with E-state index in [-0.39, 0.29) is 30.6 Å². The van der Waals surface area contributed by atoms with Crippen LogP contribution >= 0.6 is 11.3 Å². The third-order valence-electron chi connectivity index (χ3n) is 6.72. The van der Waals surface area contributed by atoms with E-state index in [1.807, 2.05) is 36.1 Å². The molecule has 1 saturated heterocycles. The summed E-state index contributed by atoms with van der Waals surface area (Å²) >= 11 is 1.36. The Bertz CT molecular complexity index is 1590. The van der Waals surface area contributed by atoms with Crippen LogP contribution in [0.15, 0.2) is 53.1 Å². The Kier molecular flexibility index (Phi) is 8.09. The maximum atomic E-state index is 12.6. The number of halogens is 6. The number of anilines is 1. The van der Waals surface area contributed by atoms with Crippen LogP contribution in [0.4, 0.5) is 32.0 Å². The number of likely N-dealkylation sites (N-methyl/N-ethyl adjacent to an activating group) is 1. The van der Waals surface area contributed by atoms with Gasteiger partial charge in [-0.1, -0.05) is 17.3 Å². The zero-order chi connectivity index (χ0) is 31.0. The Morgan fingerprint density at radius 1 is 1.05 bits per heavy atom. The summed E-state index contributed by atoms with van der Waals surface area (Å²) in [5.41, 5.74) is 3.06. The van der Waals surface area contributed by atoms with E-state index in [1.54, 1.807) is 0 Å². The molecule has 2 aromatic carbocycles. The second-order valence-corrected chi connectivity index (χ2v) is 11.2. The van der Waals surface area contributed by atoms with Crippen molar-refractivity contribution in [3.8, 4) is 28.0 Å². The zero-order valence-corrected chi connectivity index (χ0v) is 23.5. The van der Waals surface area contributed by atoms with Gasteiger partial charge in [0.1, 0.15) is 25.9 Å². The summed E-state index contributed by atoms with van der Waals surface area (Å²) in [5.74, 6) is -2.22. The van der Waals surface area contributed by atoms with Crippen molar-refractivity contribution in [1.82, 2.24) is 15.1 Å². The number of hydrogen-bond donors (Lipinski definition) is 0. The number of ether oxygens (including phenoxy) is 1. The van der Waals surface area contributed by atoms with E-state index in [1.165, 1.54) is 30.5 Å². The first-order chi connectivity index (χ1) is 20.2. The van der Waals surface area contributed by atoms with E-state index in [0.29, 0.717) is 30.1 Å². The topological polar surface area (TPSA) is 90.6 Å². The lowest BCUT2D eigenvalue weighted by Crippen LogP contribution is -2.59. The quantitative estimate of drug-likeness (QED) is 0.183. The highest BCUT2D eigenvalue weighted by atomic mass is 32.1. The molecule has 16 heteroatoms. The Hall–Kier alpha value is -4.18. The molecule has 0 spiro atoms. The van der Waals surface area contributed by atoms with Gasteiger partial charge in [-0.2, -0.15) is 18.2 Å². The first-order valence-corrected chi connectivity index (χ1v) is 13.6. The summed E-state index contributed by atoms with van der Waals surface area (Å²) in [7, 11) is 1.45. The van der Waals surface area contributed by atoms with Crippen molar-refractivity contribution in [3.05, 3.63) is 64.7 Å². The highest BCUT2D eigenvalue weighted by Crippen LogP contribution is 2.31. The summed E-state index contributed by atoms with van der Waals surface area (Å²) < 4.78 is 84.0. The van der Waals surface area contributed by atoms with Gasteiger partial charge in [0, 0.05) is 22.5 Å². The number of alkyl halides is 6. The molecule has 5 rings (SSSR count). The fraction of sp³-hybridized carbons (Fsp3) is 0.333. The number of piperazine rings is 1. The maximum absolute atomic E-state index is 12.6. The number of benzene rings is 2. The van der Waals surface area contributed by atoms with Crippen LogP contribution in [0.5, 0.6) is 5.75 Å². The average molecular weight is 629 g/mol. The largest absolute Gasteiger partial charge is 0.573 e. The molecule has 2 aromatic heterocycles. The Labute approximate surface area is 244 Å². The summed E-state index contributed by atoms with van der Waals surface area (Å²) in [4.78, 5) is 28.0. The smallest absolute Gasteiger partial charge is 0.406 e. The minimum atomic E-state index is -5.04. The molecule has 0 unspecified atom stereocenters. The normalized spacial score (nSPS) is 15.4. The van der Waals surface area contributed by atoms with Crippen LogP contribution in [0.3, 0.4) is 0 Å². The number of hydrogen-bond acceptors (Lipinski definition) is 9. The average Bonchev–Trinajstić information content (AvgIpc) is 3.55. The summed E-state index contributed by atoms with van der Waals surface area (Å²) in [6.07, 6.45) is -9.35. The molecule has 1 aliphatic rings. The van der Waals surface area contributed by atoms with Gasteiger partial charge in [0.15, 0.2) is 5.01 Å². The van der Waals surface area contributed by atoms with Crippen LogP contribution in [0.25, 0.3) is 22.3 Å². The number of thiazole rings is 1. The maximum Gasteiger partial charge on any atom is 0.573 e. The number of rotatable bonds is 7. The molecule has 228 valence electrons. The molecule has 0 amide bonds. The van der Waals surface area contributed by atoms with Crippen LogP contribution in [-0.4, -0.2) is 71.5 Å². The fourth-order valence-corrected chi connectivity index (χ4v) is 5.31. The molecule has 0 bridgehead atoms. The number of hydroxylamine groups is 3. The van der Waals surface area contributed by atoms with Crippen LogP contribution in [0.1, 0.15) is 16.1 Å². The fourth-order valence-electron chi connectivity index (χ4n) is 4.46. The molecule has 3 heterocycles.